The average molecular weight is 1380 g/mol. The molecule has 8 aliphatic carbocycles. The van der Waals surface area contributed by atoms with Crippen LogP contribution < -0.4 is 0 Å². The van der Waals surface area contributed by atoms with Gasteiger partial charge in [-0.1, -0.05) is 40.7 Å². The molecule has 14 aliphatic rings. The van der Waals surface area contributed by atoms with E-state index in [-0.39, 0.29) is 114 Å². The summed E-state index contributed by atoms with van der Waals surface area (Å²) in [5.74, 6) is 5.91. The van der Waals surface area contributed by atoms with Crippen LogP contribution in [-0.4, -0.2) is 142 Å². The highest BCUT2D eigenvalue weighted by Crippen LogP contribution is 2.71. The fourth-order valence-corrected chi connectivity index (χ4v) is 17.1. The van der Waals surface area contributed by atoms with Crippen LogP contribution in [-0.2, 0) is 105 Å². The molecule has 552 valence electrons. The molecule has 22 nitrogen and oxygen atoms in total. The quantitative estimate of drug-likeness (QED) is 0.0716. The van der Waals surface area contributed by atoms with Gasteiger partial charge in [0.25, 0.3) is 0 Å². The smallest absolute Gasteiger partial charge is 0.348 e. The molecular weight excluding hydrogens is 1260 g/mol. The van der Waals surface area contributed by atoms with Crippen molar-refractivity contribution >= 4 is 59.7 Å². The first-order chi connectivity index (χ1) is 45.8. The van der Waals surface area contributed by atoms with Crippen molar-refractivity contribution in [2.75, 3.05) is 34.0 Å². The second-order valence-corrected chi connectivity index (χ2v) is 33.4. The van der Waals surface area contributed by atoms with Crippen molar-refractivity contribution in [1.29, 1.82) is 0 Å². The molecule has 21 unspecified atom stereocenters. The average Bonchev–Trinajstić information content (AvgIpc) is 1.52. The van der Waals surface area contributed by atoms with Crippen LogP contribution in [0.5, 0.6) is 0 Å². The zero-order valence-electron chi connectivity index (χ0n) is 62.0. The number of rotatable bonds is 13. The van der Waals surface area contributed by atoms with E-state index >= 15 is 0 Å². The largest absolute Gasteiger partial charge is 0.469 e. The highest BCUT2D eigenvalue weighted by molar-refractivity contribution is 5.85. The van der Waals surface area contributed by atoms with Gasteiger partial charge in [0.2, 0.25) is 12.2 Å². The van der Waals surface area contributed by atoms with Gasteiger partial charge in [-0.05, 0) is 226 Å². The van der Waals surface area contributed by atoms with Crippen molar-refractivity contribution in [3.63, 3.8) is 0 Å². The Kier molecular flexibility index (Phi) is 24.6. The zero-order valence-corrected chi connectivity index (χ0v) is 62.0. The summed E-state index contributed by atoms with van der Waals surface area (Å²) < 4.78 is 62.4. The lowest BCUT2D eigenvalue weighted by atomic mass is 9.64. The van der Waals surface area contributed by atoms with Crippen LogP contribution in [0.4, 0.5) is 0 Å². The third kappa shape index (κ3) is 16.6. The van der Waals surface area contributed by atoms with Crippen molar-refractivity contribution < 1.29 is 105 Å². The van der Waals surface area contributed by atoms with Crippen LogP contribution in [0.3, 0.4) is 0 Å². The van der Waals surface area contributed by atoms with Crippen molar-refractivity contribution in [1.82, 2.24) is 0 Å². The van der Waals surface area contributed by atoms with E-state index in [0.29, 0.717) is 55.3 Å². The maximum Gasteiger partial charge on any atom is 0.348 e. The molecule has 0 aromatic heterocycles. The summed E-state index contributed by atoms with van der Waals surface area (Å²) in [6, 6.07) is 0. The fraction of sp³-hybridized carbons (Fsp3) is 0.842. The Bertz CT molecular complexity index is 2930. The van der Waals surface area contributed by atoms with E-state index in [0.717, 1.165) is 73.9 Å². The number of hydrogen-bond acceptors (Lipinski definition) is 22. The number of ether oxygens (including phenoxy) is 12. The summed E-state index contributed by atoms with van der Waals surface area (Å²) in [5, 5.41) is 0. The van der Waals surface area contributed by atoms with Crippen LogP contribution in [0.2, 0.25) is 0 Å². The summed E-state index contributed by atoms with van der Waals surface area (Å²) in [4.78, 5) is 115. The van der Waals surface area contributed by atoms with Gasteiger partial charge < -0.3 is 56.8 Å². The molecule has 6 saturated heterocycles. The third-order valence-electron chi connectivity index (χ3n) is 25.0. The number of fused-ring (bicyclic) bond motifs is 21. The predicted octanol–water partition coefficient (Wildman–Crippen LogP) is 11.4. The molecule has 21 atom stereocenters. The summed E-state index contributed by atoms with van der Waals surface area (Å²) in [7, 11) is 2.83. The molecule has 0 spiro atoms. The molecule has 13 fully saturated rings. The molecular formula is C76H116O22. The molecule has 0 aromatic rings. The lowest BCUT2D eigenvalue weighted by Crippen LogP contribution is -2.38. The summed E-state index contributed by atoms with van der Waals surface area (Å²) in [5.41, 5.74) is -2.26. The molecule has 7 saturated carbocycles. The lowest BCUT2D eigenvalue weighted by molar-refractivity contribution is -0.170. The van der Waals surface area contributed by atoms with Gasteiger partial charge in [0.15, 0.2) is 5.79 Å². The Hall–Kier alpha value is -5.64. The van der Waals surface area contributed by atoms with Crippen LogP contribution in [0.15, 0.2) is 12.2 Å². The molecule has 0 N–H and O–H groups in total. The molecule has 22 heteroatoms. The topological polar surface area (TPSA) is 281 Å². The number of cyclic esters (lactones) is 3. The Morgan fingerprint density at radius 3 is 1.42 bits per heavy atom. The van der Waals surface area contributed by atoms with Gasteiger partial charge in [0.1, 0.15) is 31.0 Å². The van der Waals surface area contributed by atoms with E-state index in [1.165, 1.54) is 59.2 Å². The van der Waals surface area contributed by atoms with Gasteiger partial charge >= 0.3 is 59.7 Å². The Morgan fingerprint density at radius 1 is 0.459 bits per heavy atom. The Morgan fingerprint density at radius 2 is 0.918 bits per heavy atom. The SMILES string of the molecule is CCC(C)(C)C(=O)OC.CCC(C)(C)C(=O)OC.CCC(C)(C)C(=O)OC1C(=O)OC2C1CC1OC(C)(C)OC12.CCC(C)(C)C(=O)OC1C(=O)OC2C=CCC21.CCC(C)(C)C(=O)OC1COC(=O)C1.O=C1OCC2C3CC(C12)C1C2CCC(C2)C31.O=C1OCC2C3CCC(C3)C12. The monoisotopic (exact) mass is 1380 g/mol. The molecule has 98 heavy (non-hydrogen) atoms. The Balaban J connectivity index is 0.000000149. The molecule has 6 aliphatic heterocycles. The van der Waals surface area contributed by atoms with Gasteiger partial charge in [0, 0.05) is 17.8 Å². The van der Waals surface area contributed by atoms with Crippen LogP contribution >= 0.6 is 0 Å². The minimum absolute atomic E-state index is 0.0286. The van der Waals surface area contributed by atoms with E-state index in [2.05, 4.69) is 9.47 Å². The first kappa shape index (κ1) is 78.1. The number of carbonyl (C=O) groups is 10. The van der Waals surface area contributed by atoms with Crippen LogP contribution in [0, 0.1) is 110 Å². The highest BCUT2D eigenvalue weighted by atomic mass is 16.8. The number of carbonyl (C=O) groups excluding carboxylic acids is 10. The normalized spacial score (nSPS) is 35.9. The minimum atomic E-state index is -0.843. The molecule has 6 heterocycles. The maximum absolute atomic E-state index is 12.2. The van der Waals surface area contributed by atoms with Gasteiger partial charge in [0.05, 0.1) is 84.8 Å². The second-order valence-electron chi connectivity index (χ2n) is 33.4. The van der Waals surface area contributed by atoms with E-state index in [1.54, 1.807) is 0 Å². The van der Waals surface area contributed by atoms with Gasteiger partial charge in [-0.2, -0.15) is 0 Å². The van der Waals surface area contributed by atoms with Crippen LogP contribution in [0.1, 0.15) is 214 Å². The minimum Gasteiger partial charge on any atom is -0.469 e. The molecule has 6 bridgehead atoms. The van der Waals surface area contributed by atoms with Gasteiger partial charge in [-0.3, -0.25) is 38.4 Å². The summed E-state index contributed by atoms with van der Waals surface area (Å²) in [6.07, 6.45) is 15.9. The maximum atomic E-state index is 12.2. The van der Waals surface area contributed by atoms with E-state index in [1.807, 2.05) is 130 Å². The number of methoxy groups -OCH3 is 2. The number of hydrogen-bond donors (Lipinski definition) is 0. The highest BCUT2D eigenvalue weighted by Gasteiger charge is 2.69. The lowest BCUT2D eigenvalue weighted by Gasteiger charge is -2.38. The van der Waals surface area contributed by atoms with Crippen molar-refractivity contribution in [2.24, 2.45) is 110 Å². The van der Waals surface area contributed by atoms with E-state index in [4.69, 9.17) is 47.4 Å². The van der Waals surface area contributed by atoms with E-state index in [9.17, 15) is 47.9 Å². The number of esters is 10. The second kappa shape index (κ2) is 30.9. The molecule has 0 amide bonds. The fourth-order valence-electron chi connectivity index (χ4n) is 17.1. The third-order valence-corrected chi connectivity index (χ3v) is 25.0. The molecule has 0 radical (unpaired) electrons. The van der Waals surface area contributed by atoms with Crippen molar-refractivity contribution in [3.8, 4) is 0 Å². The predicted molar refractivity (Wildman–Crippen MR) is 355 cm³/mol. The van der Waals surface area contributed by atoms with Gasteiger partial charge in [-0.15, -0.1) is 0 Å². The summed E-state index contributed by atoms with van der Waals surface area (Å²) >= 11 is 0. The van der Waals surface area contributed by atoms with Crippen molar-refractivity contribution in [3.05, 3.63) is 12.2 Å². The van der Waals surface area contributed by atoms with Crippen LogP contribution in [0.25, 0.3) is 0 Å². The standard InChI is InChI=1S/C16H24O6.C14H18O2.C13H18O4.C10H16O4.C9H12O2.2C7H14O2/c1-6-15(2,3)14(18)20-11-8-7-9-12(10(8)19-13(11)17)22-16(4,5)21-9;15-14-13-9-4-8(10(13)5-16-14)11-6-1-2-7(3-6)12(9)11;1-4-13(2,3)12(15)17-10-8-6-5-7-9(8)16-11(10)14;1-4-10(2,3)9(12)14-7-5-8(11)13-6-7;10-9-8-6-2-1-5(3-6)7(8)4-11-9;2*1-5-7(2,3)6(8)9-4/h8-12H,6-7H2,1-5H3;6-13H,1-5H2;5,7-10H,4,6H2,1-3H3;7H,4-6H2,1-3H3;5-8H,1-4H2;2*5H2,1-4H3. The van der Waals surface area contributed by atoms with E-state index < -0.39 is 46.2 Å². The van der Waals surface area contributed by atoms with Crippen molar-refractivity contribution in [2.45, 2.75) is 263 Å². The first-order valence-electron chi connectivity index (χ1n) is 36.6. The summed E-state index contributed by atoms with van der Waals surface area (Å²) in [6.45, 7) is 33.5. The number of allylic oxidation sites excluding steroid dienone is 1. The molecule has 0 aromatic carbocycles. The van der Waals surface area contributed by atoms with Gasteiger partial charge in [-0.25, -0.2) is 9.59 Å². The molecule has 14 rings (SSSR count). The first-order valence-corrected chi connectivity index (χ1v) is 36.6. The zero-order chi connectivity index (χ0) is 72.5. The Labute approximate surface area is 580 Å².